The summed E-state index contributed by atoms with van der Waals surface area (Å²) >= 11 is 0. The highest BCUT2D eigenvalue weighted by molar-refractivity contribution is 5.73. The lowest BCUT2D eigenvalue weighted by Gasteiger charge is -2.34. The van der Waals surface area contributed by atoms with Gasteiger partial charge in [0, 0.05) is 45.3 Å². The molecule has 0 aromatic carbocycles. The molecule has 120 valence electrons. The molecule has 0 radical (unpaired) electrons. The molecular weight excluding hydrogens is 276 g/mol. The highest BCUT2D eigenvalue weighted by Gasteiger charge is 2.19. The lowest BCUT2D eigenvalue weighted by molar-refractivity contribution is -0.129. The number of carbonyl (C=O) groups excluding carboxylic acids is 1. The van der Waals surface area contributed by atoms with Gasteiger partial charge in [-0.2, -0.15) is 0 Å². The molecule has 0 aliphatic carbocycles. The van der Waals surface area contributed by atoms with E-state index in [-0.39, 0.29) is 5.91 Å². The van der Waals surface area contributed by atoms with Crippen LogP contribution in [0.2, 0.25) is 0 Å². The molecule has 5 nitrogen and oxygen atoms in total. The number of hydrogen-bond acceptors (Lipinski definition) is 4. The minimum Gasteiger partial charge on any atom is -0.353 e. The molecule has 1 unspecified atom stereocenters. The van der Waals surface area contributed by atoms with Crippen LogP contribution in [0, 0.1) is 0 Å². The van der Waals surface area contributed by atoms with Gasteiger partial charge in [-0.25, -0.2) is 4.98 Å². The van der Waals surface area contributed by atoms with Gasteiger partial charge in [0.15, 0.2) is 0 Å². The Labute approximate surface area is 132 Å². The maximum Gasteiger partial charge on any atom is 0.219 e. The highest BCUT2D eigenvalue weighted by Crippen LogP contribution is 2.16. The maximum absolute atomic E-state index is 11.4. The van der Waals surface area contributed by atoms with E-state index < -0.39 is 0 Å². The normalized spacial score (nSPS) is 22.1. The lowest BCUT2D eigenvalue weighted by Crippen LogP contribution is -2.48. The van der Waals surface area contributed by atoms with Crippen LogP contribution in [0.15, 0.2) is 18.3 Å². The summed E-state index contributed by atoms with van der Waals surface area (Å²) in [6.45, 7) is 6.16. The molecule has 1 aromatic rings. The second-order valence-corrected chi connectivity index (χ2v) is 6.35. The van der Waals surface area contributed by atoms with Crippen LogP contribution >= 0.6 is 0 Å². The Morgan fingerprint density at radius 3 is 2.73 bits per heavy atom. The van der Waals surface area contributed by atoms with Crippen molar-refractivity contribution < 1.29 is 4.79 Å². The van der Waals surface area contributed by atoms with E-state index >= 15 is 0 Å². The standard InChI is InChI=1S/C17H26N4O/c1-14(22)20-9-11-21(12-10-20)17-7-5-15(13-19-17)4-6-16-3-2-8-18-16/h5,7,13,16,18H,2-4,6,8-12H2,1H3. The second kappa shape index (κ2) is 7.09. The van der Waals surface area contributed by atoms with Crippen molar-refractivity contribution in [3.05, 3.63) is 23.9 Å². The summed E-state index contributed by atoms with van der Waals surface area (Å²) in [4.78, 5) is 20.1. The number of rotatable bonds is 4. The fraction of sp³-hybridized carbons (Fsp3) is 0.647. The Morgan fingerprint density at radius 2 is 2.14 bits per heavy atom. The number of anilines is 1. The molecule has 3 rings (SSSR count). The van der Waals surface area contributed by atoms with Gasteiger partial charge in [0.1, 0.15) is 5.82 Å². The van der Waals surface area contributed by atoms with Gasteiger partial charge in [-0.3, -0.25) is 4.79 Å². The summed E-state index contributed by atoms with van der Waals surface area (Å²) in [5.41, 5.74) is 1.32. The third-order valence-corrected chi connectivity index (χ3v) is 4.80. The van der Waals surface area contributed by atoms with E-state index in [0.29, 0.717) is 6.04 Å². The predicted octanol–water partition coefficient (Wildman–Crippen LogP) is 1.43. The van der Waals surface area contributed by atoms with Gasteiger partial charge in [0.2, 0.25) is 5.91 Å². The molecule has 2 aliphatic heterocycles. The Morgan fingerprint density at radius 1 is 1.32 bits per heavy atom. The smallest absolute Gasteiger partial charge is 0.219 e. The summed E-state index contributed by atoms with van der Waals surface area (Å²) in [6.07, 6.45) is 6.95. The first-order chi connectivity index (χ1) is 10.7. The van der Waals surface area contributed by atoms with Crippen molar-refractivity contribution in [3.8, 4) is 0 Å². The van der Waals surface area contributed by atoms with Crippen molar-refractivity contribution in [1.82, 2.24) is 15.2 Å². The summed E-state index contributed by atoms with van der Waals surface area (Å²) in [7, 11) is 0. The number of aromatic nitrogens is 1. The summed E-state index contributed by atoms with van der Waals surface area (Å²) < 4.78 is 0. The Balaban J connectivity index is 1.50. The van der Waals surface area contributed by atoms with Crippen LogP contribution in [-0.2, 0) is 11.2 Å². The van der Waals surface area contributed by atoms with Crippen molar-refractivity contribution in [1.29, 1.82) is 0 Å². The van der Waals surface area contributed by atoms with Crippen molar-refractivity contribution in [2.45, 2.75) is 38.6 Å². The second-order valence-electron chi connectivity index (χ2n) is 6.35. The molecular formula is C17H26N4O. The van der Waals surface area contributed by atoms with E-state index in [4.69, 9.17) is 0 Å². The Bertz CT molecular complexity index is 488. The van der Waals surface area contributed by atoms with E-state index in [1.54, 1.807) is 6.92 Å². The van der Waals surface area contributed by atoms with Crippen LogP contribution in [0.1, 0.15) is 31.7 Å². The van der Waals surface area contributed by atoms with Crippen LogP contribution in [0.5, 0.6) is 0 Å². The molecule has 3 heterocycles. The summed E-state index contributed by atoms with van der Waals surface area (Å²) in [5, 5.41) is 3.54. The van der Waals surface area contributed by atoms with Crippen LogP contribution in [-0.4, -0.2) is 54.6 Å². The van der Waals surface area contributed by atoms with Crippen LogP contribution in [0.4, 0.5) is 5.82 Å². The first-order valence-electron chi connectivity index (χ1n) is 8.41. The molecule has 22 heavy (non-hydrogen) atoms. The van der Waals surface area contributed by atoms with Crippen molar-refractivity contribution >= 4 is 11.7 Å². The predicted molar refractivity (Wildman–Crippen MR) is 88.0 cm³/mol. The van der Waals surface area contributed by atoms with E-state index in [9.17, 15) is 4.79 Å². The molecule has 0 saturated carbocycles. The molecule has 2 fully saturated rings. The topological polar surface area (TPSA) is 48.5 Å². The molecule has 5 heteroatoms. The van der Waals surface area contributed by atoms with Crippen molar-refractivity contribution in [2.24, 2.45) is 0 Å². The molecule has 2 saturated heterocycles. The van der Waals surface area contributed by atoms with Gasteiger partial charge in [-0.1, -0.05) is 6.07 Å². The SMILES string of the molecule is CC(=O)N1CCN(c2ccc(CCC3CCCN3)cn2)CC1. The third-order valence-electron chi connectivity index (χ3n) is 4.80. The number of hydrogen-bond donors (Lipinski definition) is 1. The molecule has 0 spiro atoms. The third kappa shape index (κ3) is 3.77. The number of nitrogens with zero attached hydrogens (tertiary/aromatic N) is 3. The molecule has 1 amide bonds. The number of carbonyl (C=O) groups is 1. The van der Waals surface area contributed by atoms with Gasteiger partial charge in [0.25, 0.3) is 0 Å². The largest absolute Gasteiger partial charge is 0.353 e. The van der Waals surface area contributed by atoms with Gasteiger partial charge in [-0.05, 0) is 43.9 Å². The number of pyridine rings is 1. The number of aryl methyl sites for hydroxylation is 1. The van der Waals surface area contributed by atoms with Crippen molar-refractivity contribution in [3.63, 3.8) is 0 Å². The maximum atomic E-state index is 11.4. The van der Waals surface area contributed by atoms with E-state index in [2.05, 4.69) is 27.3 Å². The van der Waals surface area contributed by atoms with Crippen LogP contribution < -0.4 is 10.2 Å². The zero-order chi connectivity index (χ0) is 15.4. The quantitative estimate of drug-likeness (QED) is 0.914. The molecule has 1 N–H and O–H groups in total. The van der Waals surface area contributed by atoms with Crippen LogP contribution in [0.3, 0.4) is 0 Å². The Hall–Kier alpha value is -1.62. The highest BCUT2D eigenvalue weighted by atomic mass is 16.2. The fourth-order valence-corrected chi connectivity index (χ4v) is 3.35. The molecule has 1 atom stereocenters. The first kappa shape index (κ1) is 15.3. The monoisotopic (exact) mass is 302 g/mol. The number of piperazine rings is 1. The molecule has 1 aromatic heterocycles. The van der Waals surface area contributed by atoms with Crippen molar-refractivity contribution in [2.75, 3.05) is 37.6 Å². The lowest BCUT2D eigenvalue weighted by atomic mass is 10.1. The summed E-state index contributed by atoms with van der Waals surface area (Å²) in [5.74, 6) is 1.20. The van der Waals surface area contributed by atoms with E-state index in [0.717, 1.165) is 38.4 Å². The number of amides is 1. The number of nitrogens with one attached hydrogen (secondary N) is 1. The fourth-order valence-electron chi connectivity index (χ4n) is 3.35. The van der Waals surface area contributed by atoms with E-state index in [1.165, 1.54) is 31.4 Å². The average Bonchev–Trinajstić information content (AvgIpc) is 3.07. The molecule has 2 aliphatic rings. The van der Waals surface area contributed by atoms with Crippen LogP contribution in [0.25, 0.3) is 0 Å². The zero-order valence-corrected chi connectivity index (χ0v) is 13.4. The van der Waals surface area contributed by atoms with Gasteiger partial charge >= 0.3 is 0 Å². The zero-order valence-electron chi connectivity index (χ0n) is 13.4. The minimum atomic E-state index is 0.170. The summed E-state index contributed by atoms with van der Waals surface area (Å²) in [6, 6.07) is 5.02. The molecule has 0 bridgehead atoms. The van der Waals surface area contributed by atoms with Gasteiger partial charge in [0.05, 0.1) is 0 Å². The van der Waals surface area contributed by atoms with E-state index in [1.807, 2.05) is 11.1 Å². The minimum absolute atomic E-state index is 0.170. The van der Waals surface area contributed by atoms with Gasteiger partial charge < -0.3 is 15.1 Å². The Kier molecular flexibility index (Phi) is 4.93. The van der Waals surface area contributed by atoms with Gasteiger partial charge in [-0.15, -0.1) is 0 Å². The average molecular weight is 302 g/mol. The first-order valence-corrected chi connectivity index (χ1v) is 8.41.